The minimum atomic E-state index is -0.216. The first-order valence-electron chi connectivity index (χ1n) is 7.88. The fourth-order valence-electron chi connectivity index (χ4n) is 3.14. The van der Waals surface area contributed by atoms with Crippen molar-refractivity contribution in [2.75, 3.05) is 6.61 Å². The number of hydrogen-bond acceptors (Lipinski definition) is 2. The first-order chi connectivity index (χ1) is 10.5. The van der Waals surface area contributed by atoms with E-state index in [2.05, 4.69) is 30.5 Å². The van der Waals surface area contributed by atoms with Gasteiger partial charge in [-0.2, -0.15) is 0 Å². The lowest BCUT2D eigenvalue weighted by Gasteiger charge is -2.15. The summed E-state index contributed by atoms with van der Waals surface area (Å²) in [6.45, 7) is 11.4. The second-order valence-corrected chi connectivity index (χ2v) is 5.92. The van der Waals surface area contributed by atoms with Crippen LogP contribution in [0.25, 0.3) is 0 Å². The Hall–Kier alpha value is -2.03. The molecule has 0 saturated heterocycles. The number of carbonyl (C=O) groups is 1. The zero-order valence-corrected chi connectivity index (χ0v) is 14.1. The lowest BCUT2D eigenvalue weighted by atomic mass is 10.0. The summed E-state index contributed by atoms with van der Waals surface area (Å²) in [6, 6.07) is 10.3. The Morgan fingerprint density at radius 2 is 1.82 bits per heavy atom. The van der Waals surface area contributed by atoms with Crippen LogP contribution in [0.4, 0.5) is 0 Å². The summed E-state index contributed by atoms with van der Waals surface area (Å²) in [5.74, 6) is 0.136. The van der Waals surface area contributed by atoms with E-state index in [1.54, 1.807) is 0 Å². The van der Waals surface area contributed by atoms with Crippen molar-refractivity contribution in [3.05, 3.63) is 58.4 Å². The molecule has 3 nitrogen and oxygen atoms in total. The summed E-state index contributed by atoms with van der Waals surface area (Å²) in [7, 11) is 0. The summed E-state index contributed by atoms with van der Waals surface area (Å²) in [5.41, 5.74) is 5.20. The smallest absolute Gasteiger partial charge is 0.340 e. The zero-order chi connectivity index (χ0) is 16.3. The molecule has 0 aliphatic carbocycles. The van der Waals surface area contributed by atoms with Gasteiger partial charge in [0.05, 0.1) is 12.2 Å². The van der Waals surface area contributed by atoms with E-state index in [1.807, 2.05) is 39.0 Å². The maximum atomic E-state index is 12.3. The van der Waals surface area contributed by atoms with E-state index in [4.69, 9.17) is 4.74 Å². The van der Waals surface area contributed by atoms with Gasteiger partial charge in [0.15, 0.2) is 0 Å². The Kier molecular flexibility index (Phi) is 5.07. The SMILES string of the molecule is CCOC(=O)c1c(C)c(C(C)C)n(Cc2ccccc2)c1C. The molecule has 0 fully saturated rings. The molecule has 0 unspecified atom stereocenters. The molecule has 1 aromatic heterocycles. The van der Waals surface area contributed by atoms with Gasteiger partial charge in [0.2, 0.25) is 0 Å². The van der Waals surface area contributed by atoms with Gasteiger partial charge in [0.25, 0.3) is 0 Å². The Bertz CT molecular complexity index is 654. The predicted octanol–water partition coefficient (Wildman–Crippen LogP) is 4.45. The van der Waals surface area contributed by atoms with Crippen LogP contribution >= 0.6 is 0 Å². The van der Waals surface area contributed by atoms with Crippen LogP contribution in [0.2, 0.25) is 0 Å². The number of nitrogens with zero attached hydrogens (tertiary/aromatic N) is 1. The molecular formula is C19H25NO2. The third-order valence-corrected chi connectivity index (χ3v) is 4.03. The van der Waals surface area contributed by atoms with Crippen molar-refractivity contribution < 1.29 is 9.53 Å². The van der Waals surface area contributed by atoms with E-state index in [0.717, 1.165) is 23.4 Å². The average molecular weight is 299 g/mol. The van der Waals surface area contributed by atoms with Crippen LogP contribution in [-0.4, -0.2) is 17.1 Å². The van der Waals surface area contributed by atoms with E-state index in [9.17, 15) is 4.79 Å². The minimum absolute atomic E-state index is 0.216. The van der Waals surface area contributed by atoms with Gasteiger partial charge >= 0.3 is 5.97 Å². The summed E-state index contributed by atoms with van der Waals surface area (Å²) < 4.78 is 7.49. The Balaban J connectivity index is 2.52. The number of hydrogen-bond donors (Lipinski definition) is 0. The minimum Gasteiger partial charge on any atom is -0.462 e. The van der Waals surface area contributed by atoms with Crippen molar-refractivity contribution >= 4 is 5.97 Å². The molecule has 118 valence electrons. The molecule has 2 rings (SSSR count). The summed E-state index contributed by atoms with van der Waals surface area (Å²) in [5, 5.41) is 0. The van der Waals surface area contributed by atoms with E-state index in [0.29, 0.717) is 12.5 Å². The van der Waals surface area contributed by atoms with E-state index >= 15 is 0 Å². The number of aromatic nitrogens is 1. The molecule has 0 saturated carbocycles. The standard InChI is InChI=1S/C19H25NO2/c1-6-22-19(21)17-14(4)18(13(2)3)20(15(17)5)12-16-10-8-7-9-11-16/h7-11,13H,6,12H2,1-5H3. The van der Waals surface area contributed by atoms with Gasteiger partial charge in [-0.15, -0.1) is 0 Å². The second kappa shape index (κ2) is 6.82. The third-order valence-electron chi connectivity index (χ3n) is 4.03. The molecular weight excluding hydrogens is 274 g/mol. The number of ether oxygens (including phenoxy) is 1. The first kappa shape index (κ1) is 16.3. The normalized spacial score (nSPS) is 11.0. The molecule has 1 heterocycles. The Morgan fingerprint density at radius 1 is 1.18 bits per heavy atom. The van der Waals surface area contributed by atoms with Crippen molar-refractivity contribution in [1.29, 1.82) is 0 Å². The maximum absolute atomic E-state index is 12.3. The second-order valence-electron chi connectivity index (χ2n) is 5.92. The average Bonchev–Trinajstić information content (AvgIpc) is 2.71. The van der Waals surface area contributed by atoms with Crippen LogP contribution < -0.4 is 0 Å². The molecule has 0 bridgehead atoms. The molecule has 22 heavy (non-hydrogen) atoms. The third kappa shape index (κ3) is 3.08. The molecule has 0 aliphatic rings. The molecule has 1 aromatic carbocycles. The molecule has 0 N–H and O–H groups in total. The number of esters is 1. The van der Waals surface area contributed by atoms with Crippen LogP contribution in [0.5, 0.6) is 0 Å². The Labute approximate surface area is 132 Å². The van der Waals surface area contributed by atoms with Gasteiger partial charge in [-0.05, 0) is 37.8 Å². The van der Waals surface area contributed by atoms with Crippen molar-refractivity contribution in [3.63, 3.8) is 0 Å². The van der Waals surface area contributed by atoms with E-state index in [-0.39, 0.29) is 5.97 Å². The van der Waals surface area contributed by atoms with Crippen LogP contribution in [0, 0.1) is 13.8 Å². The molecule has 0 aliphatic heterocycles. The lowest BCUT2D eigenvalue weighted by molar-refractivity contribution is 0.0524. The lowest BCUT2D eigenvalue weighted by Crippen LogP contribution is -2.09. The number of carbonyl (C=O) groups excluding carboxylic acids is 1. The van der Waals surface area contributed by atoms with E-state index in [1.165, 1.54) is 11.3 Å². The van der Waals surface area contributed by atoms with Crippen molar-refractivity contribution in [3.8, 4) is 0 Å². The highest BCUT2D eigenvalue weighted by Gasteiger charge is 2.24. The van der Waals surface area contributed by atoms with Crippen molar-refractivity contribution in [2.24, 2.45) is 0 Å². The van der Waals surface area contributed by atoms with Gasteiger partial charge < -0.3 is 9.30 Å². The fraction of sp³-hybridized carbons (Fsp3) is 0.421. The molecule has 2 aromatic rings. The van der Waals surface area contributed by atoms with Crippen LogP contribution in [0.15, 0.2) is 30.3 Å². The largest absolute Gasteiger partial charge is 0.462 e. The highest BCUT2D eigenvalue weighted by atomic mass is 16.5. The predicted molar refractivity (Wildman–Crippen MR) is 89.5 cm³/mol. The molecule has 0 radical (unpaired) electrons. The fourth-order valence-corrected chi connectivity index (χ4v) is 3.14. The molecule has 3 heteroatoms. The monoisotopic (exact) mass is 299 g/mol. The summed E-state index contributed by atoms with van der Waals surface area (Å²) >= 11 is 0. The van der Waals surface area contributed by atoms with Gasteiger partial charge in [-0.25, -0.2) is 4.79 Å². The maximum Gasteiger partial charge on any atom is 0.340 e. The zero-order valence-electron chi connectivity index (χ0n) is 14.1. The number of rotatable bonds is 5. The van der Waals surface area contributed by atoms with Gasteiger partial charge in [0, 0.05) is 17.9 Å². The quantitative estimate of drug-likeness (QED) is 0.764. The van der Waals surface area contributed by atoms with Crippen LogP contribution in [0.1, 0.15) is 59.6 Å². The summed E-state index contributed by atoms with van der Waals surface area (Å²) in [6.07, 6.45) is 0. The van der Waals surface area contributed by atoms with Gasteiger partial charge in [-0.3, -0.25) is 0 Å². The number of benzene rings is 1. The van der Waals surface area contributed by atoms with Crippen molar-refractivity contribution in [1.82, 2.24) is 4.57 Å². The molecule has 0 atom stereocenters. The molecule has 0 amide bonds. The van der Waals surface area contributed by atoms with Crippen LogP contribution in [-0.2, 0) is 11.3 Å². The topological polar surface area (TPSA) is 31.2 Å². The van der Waals surface area contributed by atoms with Gasteiger partial charge in [0.1, 0.15) is 0 Å². The summed E-state index contributed by atoms with van der Waals surface area (Å²) in [4.78, 5) is 12.3. The Morgan fingerprint density at radius 3 is 2.36 bits per heavy atom. The van der Waals surface area contributed by atoms with E-state index < -0.39 is 0 Å². The first-order valence-corrected chi connectivity index (χ1v) is 7.88. The highest BCUT2D eigenvalue weighted by Crippen LogP contribution is 2.29. The highest BCUT2D eigenvalue weighted by molar-refractivity contribution is 5.93. The molecule has 0 spiro atoms. The van der Waals surface area contributed by atoms with Crippen molar-refractivity contribution in [2.45, 2.75) is 47.1 Å². The van der Waals surface area contributed by atoms with Gasteiger partial charge in [-0.1, -0.05) is 44.2 Å². The van der Waals surface area contributed by atoms with Crippen LogP contribution in [0.3, 0.4) is 0 Å².